The summed E-state index contributed by atoms with van der Waals surface area (Å²) in [5.74, 6) is 0. The third kappa shape index (κ3) is 11.0. The van der Waals surface area contributed by atoms with Crippen LogP contribution in [0.3, 0.4) is 0 Å². The molecule has 0 saturated carbocycles. The summed E-state index contributed by atoms with van der Waals surface area (Å²) in [5, 5.41) is 5.22. The molecule has 0 aliphatic rings. The highest BCUT2D eigenvalue weighted by atomic mass is 16.6. The summed E-state index contributed by atoms with van der Waals surface area (Å²) >= 11 is 0. The van der Waals surface area contributed by atoms with Gasteiger partial charge in [-0.3, -0.25) is 5.73 Å². The van der Waals surface area contributed by atoms with Crippen LogP contribution >= 0.6 is 0 Å². The van der Waals surface area contributed by atoms with Gasteiger partial charge in [-0.2, -0.15) is 0 Å². The quantitative estimate of drug-likeness (QED) is 0.423. The standard InChI is InChI=1S/C11H23N3O4/c1-2-17-10(15)13-7-5-3-4-6-8-14-11(16)18-9-12/h2-9,12H2,1H3,(H,13,15)(H,14,16). The molecule has 18 heavy (non-hydrogen) atoms. The van der Waals surface area contributed by atoms with Gasteiger partial charge in [-0.05, 0) is 19.8 Å². The minimum Gasteiger partial charge on any atom is -0.450 e. The summed E-state index contributed by atoms with van der Waals surface area (Å²) in [7, 11) is 0. The second-order valence-corrected chi connectivity index (χ2v) is 3.59. The predicted octanol–water partition coefficient (Wildman–Crippen LogP) is 0.935. The molecule has 7 nitrogen and oxygen atoms in total. The minimum absolute atomic E-state index is 0.106. The third-order valence-corrected chi connectivity index (χ3v) is 2.13. The highest BCUT2D eigenvalue weighted by Crippen LogP contribution is 1.98. The van der Waals surface area contributed by atoms with Crippen molar-refractivity contribution in [3.63, 3.8) is 0 Å². The van der Waals surface area contributed by atoms with Crippen LogP contribution in [0.15, 0.2) is 0 Å². The van der Waals surface area contributed by atoms with Gasteiger partial charge < -0.3 is 20.1 Å². The molecule has 0 aromatic rings. The second-order valence-electron chi connectivity index (χ2n) is 3.59. The predicted molar refractivity (Wildman–Crippen MR) is 67.0 cm³/mol. The van der Waals surface area contributed by atoms with Crippen LogP contribution in [0.5, 0.6) is 0 Å². The Balaban J connectivity index is 3.16. The Kier molecular flexibility index (Phi) is 11.0. The van der Waals surface area contributed by atoms with Gasteiger partial charge in [0.1, 0.15) is 6.73 Å². The fraction of sp³-hybridized carbons (Fsp3) is 0.818. The Morgan fingerprint density at radius 2 is 1.44 bits per heavy atom. The van der Waals surface area contributed by atoms with Gasteiger partial charge in [-0.1, -0.05) is 12.8 Å². The number of alkyl carbamates (subject to hydrolysis) is 2. The monoisotopic (exact) mass is 261 g/mol. The Morgan fingerprint density at radius 3 is 1.89 bits per heavy atom. The average molecular weight is 261 g/mol. The number of nitrogens with two attached hydrogens (primary N) is 1. The highest BCUT2D eigenvalue weighted by Gasteiger charge is 1.99. The molecule has 0 aromatic heterocycles. The van der Waals surface area contributed by atoms with E-state index in [1.54, 1.807) is 6.92 Å². The van der Waals surface area contributed by atoms with Gasteiger partial charge in [0.15, 0.2) is 0 Å². The van der Waals surface area contributed by atoms with Crippen molar-refractivity contribution in [1.29, 1.82) is 0 Å². The van der Waals surface area contributed by atoms with E-state index in [4.69, 9.17) is 10.5 Å². The lowest BCUT2D eigenvalue weighted by molar-refractivity contribution is 0.148. The summed E-state index contributed by atoms with van der Waals surface area (Å²) < 4.78 is 9.22. The van der Waals surface area contributed by atoms with Crippen molar-refractivity contribution in [3.05, 3.63) is 0 Å². The van der Waals surface area contributed by atoms with E-state index in [1.165, 1.54) is 0 Å². The van der Waals surface area contributed by atoms with Crippen LogP contribution in [-0.4, -0.2) is 38.6 Å². The zero-order valence-corrected chi connectivity index (χ0v) is 10.9. The molecule has 0 aliphatic carbocycles. The molecular formula is C11H23N3O4. The third-order valence-electron chi connectivity index (χ3n) is 2.13. The number of hydrogen-bond donors (Lipinski definition) is 3. The normalized spacial score (nSPS) is 9.67. The molecule has 0 atom stereocenters. The number of unbranched alkanes of at least 4 members (excludes halogenated alkanes) is 3. The number of carbonyl (C=O) groups is 2. The number of ether oxygens (including phenoxy) is 2. The van der Waals surface area contributed by atoms with Gasteiger partial charge in [0.05, 0.1) is 6.61 Å². The molecule has 0 rings (SSSR count). The lowest BCUT2D eigenvalue weighted by Gasteiger charge is -2.06. The first kappa shape index (κ1) is 16.5. The molecule has 0 unspecified atom stereocenters. The van der Waals surface area contributed by atoms with Crippen LogP contribution in [-0.2, 0) is 9.47 Å². The van der Waals surface area contributed by atoms with E-state index in [-0.39, 0.29) is 12.8 Å². The number of nitrogens with one attached hydrogen (secondary N) is 2. The summed E-state index contributed by atoms with van der Waals surface area (Å²) in [4.78, 5) is 21.7. The van der Waals surface area contributed by atoms with Gasteiger partial charge in [-0.15, -0.1) is 0 Å². The fourth-order valence-electron chi connectivity index (χ4n) is 1.29. The van der Waals surface area contributed by atoms with Gasteiger partial charge in [0.2, 0.25) is 0 Å². The second kappa shape index (κ2) is 12.0. The molecule has 0 fully saturated rings. The van der Waals surface area contributed by atoms with Gasteiger partial charge in [-0.25, -0.2) is 9.59 Å². The van der Waals surface area contributed by atoms with E-state index < -0.39 is 6.09 Å². The Hall–Kier alpha value is -1.50. The van der Waals surface area contributed by atoms with E-state index in [0.717, 1.165) is 25.7 Å². The topological polar surface area (TPSA) is 103 Å². The molecule has 7 heteroatoms. The molecule has 106 valence electrons. The maximum atomic E-state index is 10.9. The average Bonchev–Trinajstić information content (AvgIpc) is 2.33. The molecule has 0 saturated heterocycles. The molecule has 0 aliphatic heterocycles. The van der Waals surface area contributed by atoms with Crippen LogP contribution in [0.2, 0.25) is 0 Å². The van der Waals surface area contributed by atoms with Crippen molar-refractivity contribution < 1.29 is 19.1 Å². The minimum atomic E-state index is -0.485. The van der Waals surface area contributed by atoms with Crippen LogP contribution in [0.25, 0.3) is 0 Å². The smallest absolute Gasteiger partial charge is 0.408 e. The van der Waals surface area contributed by atoms with Crippen LogP contribution in [0.4, 0.5) is 9.59 Å². The SMILES string of the molecule is CCOC(=O)NCCCCCCNC(=O)OCN. The maximum absolute atomic E-state index is 10.9. The van der Waals surface area contributed by atoms with Gasteiger partial charge in [0.25, 0.3) is 0 Å². The van der Waals surface area contributed by atoms with E-state index in [0.29, 0.717) is 19.7 Å². The lowest BCUT2D eigenvalue weighted by atomic mass is 10.2. The van der Waals surface area contributed by atoms with Crippen molar-refractivity contribution in [3.8, 4) is 0 Å². The van der Waals surface area contributed by atoms with Gasteiger partial charge in [0, 0.05) is 13.1 Å². The van der Waals surface area contributed by atoms with Crippen molar-refractivity contribution in [2.75, 3.05) is 26.4 Å². The van der Waals surface area contributed by atoms with Crippen molar-refractivity contribution in [2.24, 2.45) is 5.73 Å². The first-order valence-corrected chi connectivity index (χ1v) is 6.22. The van der Waals surface area contributed by atoms with Crippen LogP contribution in [0, 0.1) is 0 Å². The van der Waals surface area contributed by atoms with Crippen LogP contribution in [0.1, 0.15) is 32.6 Å². The van der Waals surface area contributed by atoms with Crippen molar-refractivity contribution in [2.45, 2.75) is 32.6 Å². The fourth-order valence-corrected chi connectivity index (χ4v) is 1.29. The molecular weight excluding hydrogens is 238 g/mol. The zero-order valence-electron chi connectivity index (χ0n) is 10.9. The first-order chi connectivity index (χ1) is 8.70. The Bertz CT molecular complexity index is 212. The zero-order chi connectivity index (χ0) is 13.6. The first-order valence-electron chi connectivity index (χ1n) is 6.22. The largest absolute Gasteiger partial charge is 0.450 e. The maximum Gasteiger partial charge on any atom is 0.408 e. The van der Waals surface area contributed by atoms with Gasteiger partial charge >= 0.3 is 12.2 Å². The molecule has 0 bridgehead atoms. The number of rotatable bonds is 9. The Labute approximate surface area is 107 Å². The Morgan fingerprint density at radius 1 is 0.944 bits per heavy atom. The van der Waals surface area contributed by atoms with E-state index in [9.17, 15) is 9.59 Å². The summed E-state index contributed by atoms with van der Waals surface area (Å²) in [6, 6.07) is 0. The highest BCUT2D eigenvalue weighted by molar-refractivity contribution is 5.67. The van der Waals surface area contributed by atoms with E-state index >= 15 is 0 Å². The molecule has 0 radical (unpaired) electrons. The number of hydrogen-bond acceptors (Lipinski definition) is 5. The van der Waals surface area contributed by atoms with Crippen molar-refractivity contribution in [1.82, 2.24) is 10.6 Å². The molecule has 0 heterocycles. The molecule has 0 spiro atoms. The van der Waals surface area contributed by atoms with Crippen molar-refractivity contribution >= 4 is 12.2 Å². The van der Waals surface area contributed by atoms with Crippen LogP contribution < -0.4 is 16.4 Å². The van der Waals surface area contributed by atoms with E-state index in [1.807, 2.05) is 0 Å². The number of amides is 2. The molecule has 0 aromatic carbocycles. The molecule has 2 amide bonds. The molecule has 4 N–H and O–H groups in total. The lowest BCUT2D eigenvalue weighted by Crippen LogP contribution is -2.27. The summed E-state index contributed by atoms with van der Waals surface area (Å²) in [6.07, 6.45) is 2.88. The number of carbonyl (C=O) groups excluding carboxylic acids is 2. The summed E-state index contributed by atoms with van der Waals surface area (Å²) in [5.41, 5.74) is 5.03. The summed E-state index contributed by atoms with van der Waals surface area (Å²) in [6.45, 7) is 3.23. The van der Waals surface area contributed by atoms with E-state index in [2.05, 4.69) is 15.4 Å².